The van der Waals surface area contributed by atoms with Crippen LogP contribution in [0.3, 0.4) is 0 Å². The van der Waals surface area contributed by atoms with Gasteiger partial charge in [-0.2, -0.15) is 0 Å². The first kappa shape index (κ1) is 21.1. The molecule has 0 aliphatic carbocycles. The highest BCUT2D eigenvalue weighted by molar-refractivity contribution is 7.98. The van der Waals surface area contributed by atoms with Gasteiger partial charge in [-0.3, -0.25) is 14.7 Å². The lowest BCUT2D eigenvalue weighted by Gasteiger charge is -2.20. The minimum atomic E-state index is -0.189. The van der Waals surface area contributed by atoms with Gasteiger partial charge in [-0.05, 0) is 42.2 Å². The standard InChI is InChI=1S/C23H21N3O3S2/c1-28-17-10-16(11-18(12-17)29-2)22(27)26(14-15-6-5-9-24-13-15)23-25-21-19(30-3)7-4-8-20(21)31-23/h4-13H,14H2,1-3H3. The number of aromatic nitrogens is 2. The Morgan fingerprint density at radius 1 is 1.10 bits per heavy atom. The van der Waals surface area contributed by atoms with E-state index in [4.69, 9.17) is 14.5 Å². The van der Waals surface area contributed by atoms with Crippen molar-refractivity contribution in [2.24, 2.45) is 0 Å². The van der Waals surface area contributed by atoms with Crippen LogP contribution in [-0.2, 0) is 6.54 Å². The number of pyridine rings is 1. The largest absolute Gasteiger partial charge is 0.497 e. The van der Waals surface area contributed by atoms with E-state index in [9.17, 15) is 4.79 Å². The molecule has 0 bridgehead atoms. The topological polar surface area (TPSA) is 64.6 Å². The zero-order valence-electron chi connectivity index (χ0n) is 17.4. The number of carbonyl (C=O) groups excluding carboxylic acids is 1. The molecule has 0 radical (unpaired) electrons. The summed E-state index contributed by atoms with van der Waals surface area (Å²) in [5.74, 6) is 0.918. The van der Waals surface area contributed by atoms with Crippen LogP contribution in [-0.4, -0.2) is 36.4 Å². The van der Waals surface area contributed by atoms with Crippen LogP contribution in [0.4, 0.5) is 5.13 Å². The van der Waals surface area contributed by atoms with Gasteiger partial charge in [0.2, 0.25) is 0 Å². The molecular formula is C23H21N3O3S2. The molecule has 2 aromatic heterocycles. The summed E-state index contributed by atoms with van der Waals surface area (Å²) in [6.07, 6.45) is 5.49. The fourth-order valence-corrected chi connectivity index (χ4v) is 4.80. The Kier molecular flexibility index (Phi) is 6.39. The predicted octanol–water partition coefficient (Wildman–Crippen LogP) is 5.28. The Labute approximate surface area is 188 Å². The lowest BCUT2D eigenvalue weighted by atomic mass is 10.1. The third kappa shape index (κ3) is 4.50. The van der Waals surface area contributed by atoms with Crippen LogP contribution in [0.2, 0.25) is 0 Å². The van der Waals surface area contributed by atoms with Crippen LogP contribution in [0.1, 0.15) is 15.9 Å². The molecule has 0 fully saturated rings. The lowest BCUT2D eigenvalue weighted by molar-refractivity contribution is 0.0984. The number of benzene rings is 2. The van der Waals surface area contributed by atoms with E-state index in [1.54, 1.807) is 61.5 Å². The van der Waals surface area contributed by atoms with Crippen LogP contribution in [0, 0.1) is 0 Å². The number of hydrogen-bond acceptors (Lipinski definition) is 7. The van der Waals surface area contributed by atoms with Gasteiger partial charge in [0, 0.05) is 28.9 Å². The summed E-state index contributed by atoms with van der Waals surface area (Å²) in [6.45, 7) is 0.348. The summed E-state index contributed by atoms with van der Waals surface area (Å²) < 4.78 is 11.7. The molecule has 4 aromatic rings. The van der Waals surface area contributed by atoms with E-state index in [2.05, 4.69) is 4.98 Å². The molecule has 0 atom stereocenters. The first-order valence-electron chi connectivity index (χ1n) is 9.50. The van der Waals surface area contributed by atoms with Gasteiger partial charge in [0.15, 0.2) is 5.13 Å². The van der Waals surface area contributed by atoms with E-state index in [1.807, 2.05) is 36.6 Å². The van der Waals surface area contributed by atoms with Crippen molar-refractivity contribution >= 4 is 44.4 Å². The van der Waals surface area contributed by atoms with Crippen LogP contribution in [0.15, 0.2) is 65.8 Å². The zero-order valence-corrected chi connectivity index (χ0v) is 19.0. The molecule has 2 heterocycles. The van der Waals surface area contributed by atoms with Crippen molar-refractivity contribution in [3.05, 3.63) is 72.1 Å². The van der Waals surface area contributed by atoms with Crippen LogP contribution in [0.5, 0.6) is 11.5 Å². The minimum absolute atomic E-state index is 0.189. The number of thioether (sulfide) groups is 1. The minimum Gasteiger partial charge on any atom is -0.497 e. The molecule has 0 spiro atoms. The van der Waals surface area contributed by atoms with Crippen LogP contribution >= 0.6 is 23.1 Å². The second kappa shape index (κ2) is 9.36. The molecule has 0 saturated heterocycles. The maximum atomic E-state index is 13.7. The van der Waals surface area contributed by atoms with E-state index < -0.39 is 0 Å². The molecule has 0 aliphatic heterocycles. The molecule has 4 rings (SSSR count). The van der Waals surface area contributed by atoms with Crippen molar-refractivity contribution < 1.29 is 14.3 Å². The van der Waals surface area contributed by atoms with E-state index in [0.717, 1.165) is 20.7 Å². The van der Waals surface area contributed by atoms with E-state index >= 15 is 0 Å². The van der Waals surface area contributed by atoms with Crippen molar-refractivity contribution in [1.29, 1.82) is 0 Å². The second-order valence-corrected chi connectivity index (χ2v) is 8.51. The van der Waals surface area contributed by atoms with Crippen molar-refractivity contribution in [3.8, 4) is 11.5 Å². The Bertz CT molecular complexity index is 1190. The van der Waals surface area contributed by atoms with Crippen molar-refractivity contribution in [2.75, 3.05) is 25.4 Å². The number of anilines is 1. The van der Waals surface area contributed by atoms with Gasteiger partial charge in [-0.25, -0.2) is 4.98 Å². The van der Waals surface area contributed by atoms with E-state index in [0.29, 0.717) is 28.7 Å². The average molecular weight is 452 g/mol. The summed E-state index contributed by atoms with van der Waals surface area (Å²) in [6, 6.07) is 15.0. The number of rotatable bonds is 7. The highest BCUT2D eigenvalue weighted by atomic mass is 32.2. The Morgan fingerprint density at radius 2 is 1.87 bits per heavy atom. The summed E-state index contributed by atoms with van der Waals surface area (Å²) in [4.78, 5) is 25.5. The second-order valence-electron chi connectivity index (χ2n) is 6.66. The smallest absolute Gasteiger partial charge is 0.260 e. The number of nitrogens with zero attached hydrogens (tertiary/aromatic N) is 3. The summed E-state index contributed by atoms with van der Waals surface area (Å²) in [5.41, 5.74) is 2.28. The average Bonchev–Trinajstić information content (AvgIpc) is 3.26. The number of thiazole rings is 1. The molecule has 158 valence electrons. The van der Waals surface area contributed by atoms with Crippen LogP contribution < -0.4 is 14.4 Å². The third-order valence-corrected chi connectivity index (χ3v) is 6.54. The number of fused-ring (bicyclic) bond motifs is 1. The predicted molar refractivity (Wildman–Crippen MR) is 126 cm³/mol. The number of para-hydroxylation sites is 1. The summed E-state index contributed by atoms with van der Waals surface area (Å²) >= 11 is 3.13. The van der Waals surface area contributed by atoms with Gasteiger partial charge in [-0.15, -0.1) is 11.8 Å². The molecule has 8 heteroatoms. The number of hydrogen-bond donors (Lipinski definition) is 0. The Balaban J connectivity index is 1.81. The van der Waals surface area contributed by atoms with Gasteiger partial charge in [0.25, 0.3) is 5.91 Å². The molecule has 1 amide bonds. The molecule has 6 nitrogen and oxygen atoms in total. The molecule has 31 heavy (non-hydrogen) atoms. The molecule has 0 aliphatic rings. The van der Waals surface area contributed by atoms with Gasteiger partial charge >= 0.3 is 0 Å². The van der Waals surface area contributed by atoms with Crippen molar-refractivity contribution in [3.63, 3.8) is 0 Å². The van der Waals surface area contributed by atoms with E-state index in [-0.39, 0.29) is 5.91 Å². The number of methoxy groups -OCH3 is 2. The molecule has 2 aromatic carbocycles. The quantitative estimate of drug-likeness (QED) is 0.356. The van der Waals surface area contributed by atoms with Gasteiger partial charge in [0.1, 0.15) is 11.5 Å². The summed E-state index contributed by atoms with van der Waals surface area (Å²) in [5, 5.41) is 0.632. The van der Waals surface area contributed by atoms with Gasteiger partial charge in [-0.1, -0.05) is 23.5 Å². The Hall–Kier alpha value is -3.10. The zero-order chi connectivity index (χ0) is 21.8. The molecule has 0 N–H and O–H groups in total. The van der Waals surface area contributed by atoms with Crippen molar-refractivity contribution in [2.45, 2.75) is 11.4 Å². The normalized spacial score (nSPS) is 10.8. The summed E-state index contributed by atoms with van der Waals surface area (Å²) in [7, 11) is 3.13. The van der Waals surface area contributed by atoms with Gasteiger partial charge < -0.3 is 9.47 Å². The third-order valence-electron chi connectivity index (χ3n) is 4.73. The molecular weight excluding hydrogens is 430 g/mol. The maximum absolute atomic E-state index is 13.7. The first-order chi connectivity index (χ1) is 15.1. The molecule has 0 saturated carbocycles. The lowest BCUT2D eigenvalue weighted by Crippen LogP contribution is -2.30. The fourth-order valence-electron chi connectivity index (χ4n) is 3.18. The first-order valence-corrected chi connectivity index (χ1v) is 11.5. The fraction of sp³-hybridized carbons (Fsp3) is 0.174. The molecule has 0 unspecified atom stereocenters. The van der Waals surface area contributed by atoms with Crippen molar-refractivity contribution in [1.82, 2.24) is 9.97 Å². The van der Waals surface area contributed by atoms with Crippen LogP contribution in [0.25, 0.3) is 10.2 Å². The monoisotopic (exact) mass is 451 g/mol. The Morgan fingerprint density at radius 3 is 2.52 bits per heavy atom. The van der Waals surface area contributed by atoms with E-state index in [1.165, 1.54) is 11.3 Å². The SMILES string of the molecule is COc1cc(OC)cc(C(=O)N(Cc2cccnc2)c2nc3c(SC)cccc3s2)c1. The van der Waals surface area contributed by atoms with Gasteiger partial charge in [0.05, 0.1) is 31.0 Å². The highest BCUT2D eigenvalue weighted by Crippen LogP contribution is 2.35. The highest BCUT2D eigenvalue weighted by Gasteiger charge is 2.23. The maximum Gasteiger partial charge on any atom is 0.260 e. The number of amides is 1. The number of carbonyl (C=O) groups is 1. The number of ether oxygens (including phenoxy) is 2.